The van der Waals surface area contributed by atoms with Crippen molar-refractivity contribution in [1.29, 1.82) is 0 Å². The fraction of sp³-hybridized carbons (Fsp3) is 0.273. The number of aliphatic hydroxyl groups excluding tert-OH is 1. The number of rotatable bonds is 4. The Kier molecular flexibility index (Phi) is 3.68. The molecule has 0 spiro atoms. The van der Waals surface area contributed by atoms with Crippen LogP contribution >= 0.6 is 0 Å². The minimum Gasteiger partial charge on any atom is -0.385 e. The van der Waals surface area contributed by atoms with E-state index in [0.29, 0.717) is 0 Å². The zero-order valence-corrected chi connectivity index (χ0v) is 7.68. The largest absolute Gasteiger partial charge is 0.385 e. The summed E-state index contributed by atoms with van der Waals surface area (Å²) < 4.78 is 5.05. The molecule has 0 saturated heterocycles. The maximum absolute atomic E-state index is 9.78. The number of benzene rings is 1. The Bertz CT molecular complexity index is 256. The summed E-state index contributed by atoms with van der Waals surface area (Å²) >= 11 is 0. The molecule has 0 aromatic heterocycles. The van der Waals surface area contributed by atoms with E-state index in [4.69, 9.17) is 4.74 Å². The molecule has 0 radical (unpaired) electrons. The van der Waals surface area contributed by atoms with Gasteiger partial charge in [0.1, 0.15) is 12.2 Å². The molecule has 0 aliphatic rings. The molecular formula is C11H14O2. The van der Waals surface area contributed by atoms with Crippen LogP contribution in [0.5, 0.6) is 0 Å². The van der Waals surface area contributed by atoms with Crippen LogP contribution in [0.3, 0.4) is 0 Å². The second-order valence-electron chi connectivity index (χ2n) is 2.79. The summed E-state index contributed by atoms with van der Waals surface area (Å²) in [6.07, 6.45) is 0.614. The lowest BCUT2D eigenvalue weighted by Crippen LogP contribution is -2.17. The molecule has 0 amide bonds. The molecule has 0 saturated carbocycles. The first-order valence-corrected chi connectivity index (χ1v) is 4.18. The van der Waals surface area contributed by atoms with Crippen LogP contribution in [-0.4, -0.2) is 18.3 Å². The zero-order chi connectivity index (χ0) is 9.68. The number of aliphatic hydroxyl groups is 1. The SMILES string of the molecule is C=C[C@H](OC)[C@@H](O)c1ccccc1. The molecule has 70 valence electrons. The summed E-state index contributed by atoms with van der Waals surface area (Å²) in [5.41, 5.74) is 0.842. The van der Waals surface area contributed by atoms with E-state index in [1.54, 1.807) is 13.2 Å². The van der Waals surface area contributed by atoms with E-state index in [-0.39, 0.29) is 6.10 Å². The van der Waals surface area contributed by atoms with Crippen molar-refractivity contribution in [2.24, 2.45) is 0 Å². The quantitative estimate of drug-likeness (QED) is 0.714. The van der Waals surface area contributed by atoms with Gasteiger partial charge in [0.2, 0.25) is 0 Å². The van der Waals surface area contributed by atoms with Crippen molar-refractivity contribution in [3.8, 4) is 0 Å². The van der Waals surface area contributed by atoms with Crippen LogP contribution in [0, 0.1) is 0 Å². The topological polar surface area (TPSA) is 29.5 Å². The van der Waals surface area contributed by atoms with Crippen molar-refractivity contribution < 1.29 is 9.84 Å². The van der Waals surface area contributed by atoms with E-state index in [0.717, 1.165) is 5.56 Å². The molecule has 13 heavy (non-hydrogen) atoms. The Morgan fingerprint density at radius 3 is 2.46 bits per heavy atom. The second kappa shape index (κ2) is 4.80. The van der Waals surface area contributed by atoms with Gasteiger partial charge in [-0.25, -0.2) is 0 Å². The maximum Gasteiger partial charge on any atom is 0.109 e. The van der Waals surface area contributed by atoms with Gasteiger partial charge in [-0.15, -0.1) is 6.58 Å². The highest BCUT2D eigenvalue weighted by molar-refractivity contribution is 5.19. The van der Waals surface area contributed by atoms with Gasteiger partial charge < -0.3 is 9.84 Å². The monoisotopic (exact) mass is 178 g/mol. The smallest absolute Gasteiger partial charge is 0.109 e. The lowest BCUT2D eigenvalue weighted by atomic mass is 10.0. The third-order valence-electron chi connectivity index (χ3n) is 1.96. The summed E-state index contributed by atoms with van der Waals surface area (Å²) in [6, 6.07) is 9.40. The molecule has 0 unspecified atom stereocenters. The molecule has 0 fully saturated rings. The lowest BCUT2D eigenvalue weighted by molar-refractivity contribution is 0.0163. The van der Waals surface area contributed by atoms with Gasteiger partial charge in [-0.3, -0.25) is 0 Å². The van der Waals surface area contributed by atoms with Gasteiger partial charge in [-0.2, -0.15) is 0 Å². The van der Waals surface area contributed by atoms with E-state index < -0.39 is 6.10 Å². The Hall–Kier alpha value is -1.12. The standard InChI is InChI=1S/C11H14O2/c1-3-10(13-2)11(12)9-7-5-4-6-8-9/h3-8,10-12H,1H2,2H3/t10-,11-/m0/s1. The summed E-state index contributed by atoms with van der Waals surface area (Å²) in [6.45, 7) is 3.59. The highest BCUT2D eigenvalue weighted by Gasteiger charge is 2.16. The highest BCUT2D eigenvalue weighted by Crippen LogP contribution is 2.18. The van der Waals surface area contributed by atoms with Gasteiger partial charge in [0.15, 0.2) is 0 Å². The maximum atomic E-state index is 9.78. The summed E-state index contributed by atoms with van der Waals surface area (Å²) in [5.74, 6) is 0. The molecule has 2 heteroatoms. The molecule has 0 aliphatic heterocycles. The van der Waals surface area contributed by atoms with Gasteiger partial charge in [0.25, 0.3) is 0 Å². The van der Waals surface area contributed by atoms with Crippen LogP contribution in [0.4, 0.5) is 0 Å². The van der Waals surface area contributed by atoms with E-state index in [2.05, 4.69) is 6.58 Å². The van der Waals surface area contributed by atoms with Gasteiger partial charge >= 0.3 is 0 Å². The number of hydrogen-bond donors (Lipinski definition) is 1. The molecule has 1 aromatic rings. The Labute approximate surface area is 78.5 Å². The predicted molar refractivity (Wildman–Crippen MR) is 52.4 cm³/mol. The molecule has 2 atom stereocenters. The van der Waals surface area contributed by atoms with Crippen LogP contribution in [0.1, 0.15) is 11.7 Å². The first-order valence-electron chi connectivity index (χ1n) is 4.18. The third kappa shape index (κ3) is 2.41. The fourth-order valence-corrected chi connectivity index (χ4v) is 1.19. The van der Waals surface area contributed by atoms with Gasteiger partial charge in [-0.1, -0.05) is 36.4 Å². The van der Waals surface area contributed by atoms with Crippen LogP contribution in [-0.2, 0) is 4.74 Å². The van der Waals surface area contributed by atoms with Crippen molar-refractivity contribution in [2.45, 2.75) is 12.2 Å². The van der Waals surface area contributed by atoms with Crippen molar-refractivity contribution in [3.63, 3.8) is 0 Å². The minimum absolute atomic E-state index is 0.345. The fourth-order valence-electron chi connectivity index (χ4n) is 1.19. The van der Waals surface area contributed by atoms with E-state index in [1.165, 1.54) is 0 Å². The van der Waals surface area contributed by atoms with E-state index in [1.807, 2.05) is 30.3 Å². The molecule has 1 N–H and O–H groups in total. The van der Waals surface area contributed by atoms with Gasteiger partial charge in [0.05, 0.1) is 0 Å². The summed E-state index contributed by atoms with van der Waals surface area (Å²) in [5, 5.41) is 9.78. The average molecular weight is 178 g/mol. The Balaban J connectivity index is 2.77. The van der Waals surface area contributed by atoms with Gasteiger partial charge in [0, 0.05) is 7.11 Å². The number of ether oxygens (including phenoxy) is 1. The minimum atomic E-state index is -0.635. The zero-order valence-electron chi connectivity index (χ0n) is 7.68. The molecular weight excluding hydrogens is 164 g/mol. The van der Waals surface area contributed by atoms with Crippen molar-refractivity contribution in [1.82, 2.24) is 0 Å². The first-order chi connectivity index (χ1) is 6.29. The lowest BCUT2D eigenvalue weighted by Gasteiger charge is -2.18. The third-order valence-corrected chi connectivity index (χ3v) is 1.96. The van der Waals surface area contributed by atoms with Crippen LogP contribution < -0.4 is 0 Å². The molecule has 0 heterocycles. The molecule has 0 aliphatic carbocycles. The van der Waals surface area contributed by atoms with Crippen LogP contribution in [0.15, 0.2) is 43.0 Å². The first kappa shape index (κ1) is 9.96. The van der Waals surface area contributed by atoms with E-state index in [9.17, 15) is 5.11 Å². The predicted octanol–water partition coefficient (Wildman–Crippen LogP) is 1.92. The molecule has 1 aromatic carbocycles. The van der Waals surface area contributed by atoms with Crippen molar-refractivity contribution >= 4 is 0 Å². The molecule has 2 nitrogen and oxygen atoms in total. The van der Waals surface area contributed by atoms with Crippen molar-refractivity contribution in [2.75, 3.05) is 7.11 Å². The van der Waals surface area contributed by atoms with Gasteiger partial charge in [-0.05, 0) is 5.56 Å². The van der Waals surface area contributed by atoms with E-state index >= 15 is 0 Å². The summed E-state index contributed by atoms with van der Waals surface area (Å²) in [4.78, 5) is 0. The summed E-state index contributed by atoms with van der Waals surface area (Å²) in [7, 11) is 1.55. The Morgan fingerprint density at radius 1 is 1.38 bits per heavy atom. The molecule has 0 bridgehead atoms. The highest BCUT2D eigenvalue weighted by atomic mass is 16.5. The number of methoxy groups -OCH3 is 1. The number of hydrogen-bond acceptors (Lipinski definition) is 2. The normalized spacial score (nSPS) is 14.9. The van der Waals surface area contributed by atoms with Crippen molar-refractivity contribution in [3.05, 3.63) is 48.6 Å². The molecule has 1 rings (SSSR count). The Morgan fingerprint density at radius 2 is 2.00 bits per heavy atom. The van der Waals surface area contributed by atoms with Crippen LogP contribution in [0.2, 0.25) is 0 Å². The van der Waals surface area contributed by atoms with Crippen LogP contribution in [0.25, 0.3) is 0 Å². The second-order valence-corrected chi connectivity index (χ2v) is 2.79. The average Bonchev–Trinajstić information content (AvgIpc) is 2.21.